The Labute approximate surface area is 85.1 Å². The lowest BCUT2D eigenvalue weighted by atomic mass is 9.89. The van der Waals surface area contributed by atoms with Crippen molar-refractivity contribution in [2.24, 2.45) is 5.92 Å². The fourth-order valence-electron chi connectivity index (χ4n) is 2.42. The zero-order valence-corrected chi connectivity index (χ0v) is 8.79. The first-order valence-electron chi connectivity index (χ1n) is 5.27. The van der Waals surface area contributed by atoms with Gasteiger partial charge in [-0.15, -0.1) is 0 Å². The van der Waals surface area contributed by atoms with E-state index in [2.05, 4.69) is 25.1 Å². The van der Waals surface area contributed by atoms with Crippen LogP contribution in [-0.2, 0) is 11.2 Å². The summed E-state index contributed by atoms with van der Waals surface area (Å²) in [6.45, 7) is 4.14. The quantitative estimate of drug-likeness (QED) is 0.652. The molecule has 74 valence electrons. The molecule has 0 aromatic heterocycles. The Balaban J connectivity index is 2.35. The maximum Gasteiger partial charge on any atom is 0.123 e. The second-order valence-corrected chi connectivity index (χ2v) is 4.34. The van der Waals surface area contributed by atoms with Crippen molar-refractivity contribution in [3.05, 3.63) is 34.9 Å². The molecule has 0 heterocycles. The van der Waals surface area contributed by atoms with Gasteiger partial charge in [-0.05, 0) is 36.8 Å². The van der Waals surface area contributed by atoms with Gasteiger partial charge in [0, 0.05) is 5.92 Å². The third-order valence-corrected chi connectivity index (χ3v) is 3.27. The predicted octanol–water partition coefficient (Wildman–Crippen LogP) is 2.86. The van der Waals surface area contributed by atoms with Crippen molar-refractivity contribution in [3.63, 3.8) is 0 Å². The lowest BCUT2D eigenvalue weighted by molar-refractivity contribution is -0.111. The van der Waals surface area contributed by atoms with Crippen LogP contribution in [0.4, 0.5) is 0 Å². The van der Waals surface area contributed by atoms with Gasteiger partial charge in [-0.3, -0.25) is 0 Å². The van der Waals surface area contributed by atoms with Gasteiger partial charge >= 0.3 is 0 Å². The molecule has 1 aromatic rings. The van der Waals surface area contributed by atoms with Crippen LogP contribution in [0, 0.1) is 12.8 Å². The summed E-state index contributed by atoms with van der Waals surface area (Å²) in [6, 6.07) is 6.60. The molecule has 1 nitrogen and oxygen atoms in total. The summed E-state index contributed by atoms with van der Waals surface area (Å²) in [6.07, 6.45) is 3.36. The van der Waals surface area contributed by atoms with Gasteiger partial charge in [-0.1, -0.05) is 30.7 Å². The van der Waals surface area contributed by atoms with Crippen LogP contribution in [0.3, 0.4) is 0 Å². The second-order valence-electron chi connectivity index (χ2n) is 4.34. The number of carbonyl (C=O) groups is 1. The number of hydrogen-bond acceptors (Lipinski definition) is 1. The molecule has 0 aliphatic heterocycles. The molecule has 1 heteroatoms. The fourth-order valence-corrected chi connectivity index (χ4v) is 2.42. The molecular weight excluding hydrogens is 172 g/mol. The van der Waals surface area contributed by atoms with Crippen molar-refractivity contribution in [2.75, 3.05) is 0 Å². The molecule has 14 heavy (non-hydrogen) atoms. The zero-order chi connectivity index (χ0) is 10.1. The largest absolute Gasteiger partial charge is 0.303 e. The molecule has 2 unspecified atom stereocenters. The average Bonchev–Trinajstić information content (AvgIpc) is 2.59. The van der Waals surface area contributed by atoms with E-state index >= 15 is 0 Å². The van der Waals surface area contributed by atoms with Crippen molar-refractivity contribution in [3.8, 4) is 0 Å². The van der Waals surface area contributed by atoms with E-state index in [1.54, 1.807) is 0 Å². The number of rotatable bonds is 2. The third kappa shape index (κ3) is 1.47. The maximum absolute atomic E-state index is 10.8. The van der Waals surface area contributed by atoms with Gasteiger partial charge in [0.1, 0.15) is 6.29 Å². The molecule has 1 aliphatic carbocycles. The summed E-state index contributed by atoms with van der Waals surface area (Å²) in [5, 5.41) is 0. The Morgan fingerprint density at radius 2 is 2.29 bits per heavy atom. The second kappa shape index (κ2) is 3.56. The molecule has 0 bridgehead atoms. The Hall–Kier alpha value is -1.11. The summed E-state index contributed by atoms with van der Waals surface area (Å²) in [7, 11) is 0. The molecular formula is C13H16O. The molecule has 1 aromatic carbocycles. The van der Waals surface area contributed by atoms with E-state index in [9.17, 15) is 4.79 Å². The molecule has 0 N–H and O–H groups in total. The number of carbonyl (C=O) groups excluding carboxylic acids is 1. The van der Waals surface area contributed by atoms with Gasteiger partial charge < -0.3 is 4.79 Å². The van der Waals surface area contributed by atoms with Crippen LogP contribution in [0.5, 0.6) is 0 Å². The molecule has 1 aliphatic rings. The Morgan fingerprint density at radius 3 is 3.00 bits per heavy atom. The Bertz CT molecular complexity index is 354. The van der Waals surface area contributed by atoms with E-state index < -0.39 is 0 Å². The summed E-state index contributed by atoms with van der Waals surface area (Å²) in [4.78, 5) is 10.8. The minimum Gasteiger partial charge on any atom is -0.303 e. The molecule has 2 rings (SSSR count). The number of aldehydes is 1. The predicted molar refractivity (Wildman–Crippen MR) is 57.5 cm³/mol. The summed E-state index contributed by atoms with van der Waals surface area (Å²) in [5.41, 5.74) is 4.17. The summed E-state index contributed by atoms with van der Waals surface area (Å²) < 4.78 is 0. The zero-order valence-electron chi connectivity index (χ0n) is 8.79. The van der Waals surface area contributed by atoms with Crippen LogP contribution in [0.25, 0.3) is 0 Å². The minimum absolute atomic E-state index is 0.166. The number of hydrogen-bond donors (Lipinski definition) is 0. The number of aryl methyl sites for hydroxylation is 2. The normalized spacial score (nSPS) is 21.7. The highest BCUT2D eigenvalue weighted by Gasteiger charge is 2.26. The third-order valence-electron chi connectivity index (χ3n) is 3.27. The minimum atomic E-state index is 0.166. The lowest BCUT2D eigenvalue weighted by Gasteiger charge is -2.14. The van der Waals surface area contributed by atoms with Gasteiger partial charge in [0.15, 0.2) is 0 Å². The van der Waals surface area contributed by atoms with Crippen LogP contribution in [0.15, 0.2) is 18.2 Å². The smallest absolute Gasteiger partial charge is 0.123 e. The number of benzene rings is 1. The number of fused-ring (bicyclic) bond motifs is 1. The fraction of sp³-hybridized carbons (Fsp3) is 0.462. The van der Waals surface area contributed by atoms with Crippen LogP contribution in [0.2, 0.25) is 0 Å². The van der Waals surface area contributed by atoms with Gasteiger partial charge in [0.25, 0.3) is 0 Å². The monoisotopic (exact) mass is 188 g/mol. The molecule has 0 saturated carbocycles. The highest BCUT2D eigenvalue weighted by atomic mass is 16.1. The van der Waals surface area contributed by atoms with E-state index in [1.165, 1.54) is 16.7 Å². The van der Waals surface area contributed by atoms with Crippen LogP contribution in [-0.4, -0.2) is 6.29 Å². The van der Waals surface area contributed by atoms with Crippen LogP contribution in [0.1, 0.15) is 36.0 Å². The Kier molecular flexibility index (Phi) is 2.40. The van der Waals surface area contributed by atoms with Crippen LogP contribution < -0.4 is 0 Å². The SMILES string of the molecule is Cc1ccc2c(c1)CCC2C(C)C=O. The van der Waals surface area contributed by atoms with E-state index in [-0.39, 0.29) is 5.92 Å². The summed E-state index contributed by atoms with van der Waals surface area (Å²) in [5.74, 6) is 0.627. The van der Waals surface area contributed by atoms with E-state index in [0.29, 0.717) is 5.92 Å². The first kappa shape index (κ1) is 9.45. The van der Waals surface area contributed by atoms with E-state index in [0.717, 1.165) is 19.1 Å². The average molecular weight is 188 g/mol. The van der Waals surface area contributed by atoms with Gasteiger partial charge in [-0.25, -0.2) is 0 Å². The van der Waals surface area contributed by atoms with Gasteiger partial charge in [-0.2, -0.15) is 0 Å². The van der Waals surface area contributed by atoms with Crippen molar-refractivity contribution < 1.29 is 4.79 Å². The van der Waals surface area contributed by atoms with Crippen molar-refractivity contribution in [1.82, 2.24) is 0 Å². The molecule has 0 amide bonds. The maximum atomic E-state index is 10.8. The summed E-state index contributed by atoms with van der Waals surface area (Å²) >= 11 is 0. The first-order valence-corrected chi connectivity index (χ1v) is 5.27. The lowest BCUT2D eigenvalue weighted by Crippen LogP contribution is -2.07. The van der Waals surface area contributed by atoms with E-state index in [1.807, 2.05) is 6.92 Å². The van der Waals surface area contributed by atoms with Crippen molar-refractivity contribution in [2.45, 2.75) is 32.6 Å². The molecule has 0 spiro atoms. The highest BCUT2D eigenvalue weighted by Crippen LogP contribution is 2.37. The highest BCUT2D eigenvalue weighted by molar-refractivity contribution is 5.56. The van der Waals surface area contributed by atoms with E-state index in [4.69, 9.17) is 0 Å². The molecule has 2 atom stereocenters. The standard InChI is InChI=1S/C13H16O/c1-9-3-5-13-11(7-9)4-6-12(13)10(2)8-14/h3,5,7-8,10,12H,4,6H2,1-2H3. The van der Waals surface area contributed by atoms with Crippen LogP contribution >= 0.6 is 0 Å². The Morgan fingerprint density at radius 1 is 1.50 bits per heavy atom. The van der Waals surface area contributed by atoms with Gasteiger partial charge in [0.2, 0.25) is 0 Å². The van der Waals surface area contributed by atoms with Crippen molar-refractivity contribution in [1.29, 1.82) is 0 Å². The van der Waals surface area contributed by atoms with Crippen molar-refractivity contribution >= 4 is 6.29 Å². The van der Waals surface area contributed by atoms with Gasteiger partial charge in [0.05, 0.1) is 0 Å². The molecule has 0 radical (unpaired) electrons. The first-order chi connectivity index (χ1) is 6.72. The molecule has 0 saturated heterocycles. The molecule has 0 fully saturated rings. The topological polar surface area (TPSA) is 17.1 Å².